The zero-order valence-corrected chi connectivity index (χ0v) is 19.7. The number of carbonyl (C=O) groups excluding carboxylic acids is 1. The van der Waals surface area contributed by atoms with Crippen LogP contribution in [0.5, 0.6) is 0 Å². The van der Waals surface area contributed by atoms with Gasteiger partial charge in [0.1, 0.15) is 5.82 Å². The molecule has 1 saturated heterocycles. The Morgan fingerprint density at radius 3 is 2.00 bits per heavy atom. The maximum atomic E-state index is 13.6. The van der Waals surface area contributed by atoms with Crippen LogP contribution in [0.1, 0.15) is 54.0 Å². The van der Waals surface area contributed by atoms with Crippen molar-refractivity contribution in [3.63, 3.8) is 0 Å². The monoisotopic (exact) mass is 504 g/mol. The van der Waals surface area contributed by atoms with Crippen molar-refractivity contribution in [2.75, 3.05) is 20.1 Å². The predicted molar refractivity (Wildman–Crippen MR) is 117 cm³/mol. The fourth-order valence-electron chi connectivity index (χ4n) is 4.71. The molecule has 0 aromatic heterocycles. The quantitative estimate of drug-likeness (QED) is 0.514. The van der Waals surface area contributed by atoms with Crippen molar-refractivity contribution in [2.45, 2.75) is 56.9 Å². The molecule has 3 rings (SSSR count). The van der Waals surface area contributed by atoms with Crippen LogP contribution in [0.2, 0.25) is 0 Å². The van der Waals surface area contributed by atoms with Crippen LogP contribution in [-0.2, 0) is 22.6 Å². The molecule has 0 spiro atoms. The molecule has 0 saturated carbocycles. The first-order valence-corrected chi connectivity index (χ1v) is 11.1. The van der Waals surface area contributed by atoms with Crippen molar-refractivity contribution in [3.8, 4) is 0 Å². The Morgan fingerprint density at radius 2 is 1.49 bits per heavy atom. The Labute approximate surface area is 199 Å². The third-order valence-corrected chi connectivity index (χ3v) is 6.74. The first-order valence-electron chi connectivity index (χ1n) is 11.1. The van der Waals surface area contributed by atoms with E-state index in [-0.39, 0.29) is 23.6 Å². The molecule has 0 radical (unpaired) electrons. The SMILES string of the molecule is Cc1cc(F)ccc1[C@@H]1CNCC[C@@H]1N(C)C(=O)C(C)(C)c1cc(C(F)(F)F)cc(C(F)(F)F)c1. The number of likely N-dealkylation sites (N-methyl/N-ethyl adjacent to an activating group) is 1. The van der Waals surface area contributed by atoms with E-state index in [0.29, 0.717) is 37.2 Å². The normalized spacial score (nSPS) is 19.5. The highest BCUT2D eigenvalue weighted by Crippen LogP contribution is 2.40. The molecule has 0 unspecified atom stereocenters. The van der Waals surface area contributed by atoms with Gasteiger partial charge in [-0.15, -0.1) is 0 Å². The van der Waals surface area contributed by atoms with Crippen molar-refractivity contribution < 1.29 is 35.5 Å². The average Bonchev–Trinajstić information content (AvgIpc) is 2.76. The smallest absolute Gasteiger partial charge is 0.341 e. The molecule has 35 heavy (non-hydrogen) atoms. The number of aryl methyl sites for hydroxylation is 1. The molecule has 2 aromatic carbocycles. The molecule has 1 fully saturated rings. The number of piperidine rings is 1. The molecule has 2 aromatic rings. The topological polar surface area (TPSA) is 32.3 Å². The van der Waals surface area contributed by atoms with Gasteiger partial charge in [0.15, 0.2) is 0 Å². The van der Waals surface area contributed by atoms with Crippen LogP contribution < -0.4 is 5.32 Å². The highest BCUT2D eigenvalue weighted by atomic mass is 19.4. The number of benzene rings is 2. The molecule has 1 N–H and O–H groups in total. The summed E-state index contributed by atoms with van der Waals surface area (Å²) in [6.45, 7) is 5.44. The molecule has 1 aliphatic rings. The first kappa shape index (κ1) is 27.0. The summed E-state index contributed by atoms with van der Waals surface area (Å²) >= 11 is 0. The van der Waals surface area contributed by atoms with Crippen molar-refractivity contribution in [1.82, 2.24) is 10.2 Å². The van der Waals surface area contributed by atoms with Gasteiger partial charge in [-0.2, -0.15) is 26.3 Å². The van der Waals surface area contributed by atoms with Crippen molar-refractivity contribution >= 4 is 5.91 Å². The van der Waals surface area contributed by atoms with Gasteiger partial charge in [0.2, 0.25) is 5.91 Å². The Kier molecular flexibility index (Phi) is 7.28. The average molecular weight is 504 g/mol. The zero-order chi connectivity index (χ0) is 26.3. The van der Waals surface area contributed by atoms with Crippen LogP contribution in [0.3, 0.4) is 0 Å². The van der Waals surface area contributed by atoms with E-state index in [1.807, 2.05) is 0 Å². The van der Waals surface area contributed by atoms with Crippen molar-refractivity contribution in [2.24, 2.45) is 0 Å². The lowest BCUT2D eigenvalue weighted by Crippen LogP contribution is -2.53. The Morgan fingerprint density at radius 1 is 0.943 bits per heavy atom. The van der Waals surface area contributed by atoms with Crippen LogP contribution in [0.15, 0.2) is 36.4 Å². The minimum atomic E-state index is -5.01. The van der Waals surface area contributed by atoms with E-state index < -0.39 is 40.6 Å². The summed E-state index contributed by atoms with van der Waals surface area (Å²) in [7, 11) is 1.50. The number of alkyl halides is 6. The number of carbonyl (C=O) groups is 1. The van der Waals surface area contributed by atoms with Gasteiger partial charge in [0, 0.05) is 25.6 Å². The summed E-state index contributed by atoms with van der Waals surface area (Å²) < 4.78 is 93.9. The van der Waals surface area contributed by atoms with Crippen LogP contribution in [0.25, 0.3) is 0 Å². The van der Waals surface area contributed by atoms with E-state index in [4.69, 9.17) is 0 Å². The minimum Gasteiger partial charge on any atom is -0.341 e. The maximum Gasteiger partial charge on any atom is 0.416 e. The maximum absolute atomic E-state index is 13.6. The molecule has 10 heteroatoms. The molecule has 2 atom stereocenters. The van der Waals surface area contributed by atoms with Crippen LogP contribution >= 0.6 is 0 Å². The summed E-state index contributed by atoms with van der Waals surface area (Å²) in [5.41, 5.74) is -3.47. The molecule has 1 heterocycles. The Bertz CT molecular complexity index is 1060. The van der Waals surface area contributed by atoms with Crippen LogP contribution in [0.4, 0.5) is 30.7 Å². The van der Waals surface area contributed by atoms with Crippen LogP contribution in [-0.4, -0.2) is 37.0 Å². The summed E-state index contributed by atoms with van der Waals surface area (Å²) in [4.78, 5) is 15.0. The molecule has 3 nitrogen and oxygen atoms in total. The molecular formula is C25H27F7N2O. The van der Waals surface area contributed by atoms with Gasteiger partial charge in [-0.1, -0.05) is 6.07 Å². The van der Waals surface area contributed by atoms with E-state index in [1.54, 1.807) is 13.0 Å². The van der Waals surface area contributed by atoms with Gasteiger partial charge in [0.05, 0.1) is 16.5 Å². The standard InChI is InChI=1S/C25H27F7N2O/c1-14-9-18(26)5-6-19(14)20-13-33-8-7-21(20)34(4)22(35)23(2,3)15-10-16(24(27,28)29)12-17(11-15)25(30,31)32/h5-6,9-12,20-21,33H,7-8,13H2,1-4H3/t20-,21-/m0/s1. The van der Waals surface area contributed by atoms with Gasteiger partial charge in [-0.3, -0.25) is 4.79 Å². The largest absolute Gasteiger partial charge is 0.416 e. The van der Waals surface area contributed by atoms with Crippen molar-refractivity contribution in [1.29, 1.82) is 0 Å². The summed E-state index contributed by atoms with van der Waals surface area (Å²) in [6, 6.07) is 5.21. The predicted octanol–water partition coefficient (Wildman–Crippen LogP) is 6.05. The fraction of sp³-hybridized carbons (Fsp3) is 0.480. The van der Waals surface area contributed by atoms with Gasteiger partial charge >= 0.3 is 12.4 Å². The number of nitrogens with zero attached hydrogens (tertiary/aromatic N) is 1. The summed E-state index contributed by atoms with van der Waals surface area (Å²) in [5, 5.41) is 3.24. The molecular weight excluding hydrogens is 477 g/mol. The lowest BCUT2D eigenvalue weighted by Gasteiger charge is -2.42. The van der Waals surface area contributed by atoms with Gasteiger partial charge in [0.25, 0.3) is 0 Å². The highest BCUT2D eigenvalue weighted by molar-refractivity contribution is 5.87. The lowest BCUT2D eigenvalue weighted by molar-refractivity contribution is -0.144. The summed E-state index contributed by atoms with van der Waals surface area (Å²) in [6.07, 6.45) is -9.52. The molecule has 0 bridgehead atoms. The summed E-state index contributed by atoms with van der Waals surface area (Å²) in [5.74, 6) is -1.25. The Balaban J connectivity index is 2.00. The number of nitrogens with one attached hydrogen (secondary N) is 1. The number of hydrogen-bond donors (Lipinski definition) is 1. The van der Waals surface area contributed by atoms with Gasteiger partial charge in [-0.05, 0) is 80.8 Å². The van der Waals surface area contributed by atoms with Gasteiger partial charge < -0.3 is 10.2 Å². The molecule has 192 valence electrons. The highest BCUT2D eigenvalue weighted by Gasteiger charge is 2.43. The fourth-order valence-corrected chi connectivity index (χ4v) is 4.71. The first-order chi connectivity index (χ1) is 16.0. The zero-order valence-electron chi connectivity index (χ0n) is 19.7. The second-order valence-corrected chi connectivity index (χ2v) is 9.50. The second-order valence-electron chi connectivity index (χ2n) is 9.50. The van der Waals surface area contributed by atoms with E-state index in [1.165, 1.54) is 37.9 Å². The van der Waals surface area contributed by atoms with E-state index in [2.05, 4.69) is 5.32 Å². The van der Waals surface area contributed by atoms with E-state index in [9.17, 15) is 35.5 Å². The van der Waals surface area contributed by atoms with Crippen LogP contribution in [0, 0.1) is 12.7 Å². The number of rotatable bonds is 4. The lowest BCUT2D eigenvalue weighted by atomic mass is 9.79. The van der Waals surface area contributed by atoms with E-state index in [0.717, 1.165) is 5.56 Å². The third kappa shape index (κ3) is 5.63. The number of halogens is 7. The van der Waals surface area contributed by atoms with E-state index >= 15 is 0 Å². The number of hydrogen-bond acceptors (Lipinski definition) is 2. The molecule has 0 aliphatic carbocycles. The molecule has 1 amide bonds. The molecule has 1 aliphatic heterocycles. The minimum absolute atomic E-state index is 0.0495. The Hall–Kier alpha value is -2.62. The third-order valence-electron chi connectivity index (χ3n) is 6.74. The second kappa shape index (κ2) is 9.44. The van der Waals surface area contributed by atoms with Crippen molar-refractivity contribution in [3.05, 3.63) is 70.0 Å². The van der Waals surface area contributed by atoms with Gasteiger partial charge in [-0.25, -0.2) is 4.39 Å². The number of amides is 1.